The minimum Gasteiger partial charge on any atom is -0.507 e. The lowest BCUT2D eigenvalue weighted by Crippen LogP contribution is -2.31. The normalized spacial score (nSPS) is 12.2. The SMILES string of the molecule is CCN(CCN(C)C)Cc1cc(C)cc(C=NCCN(C)C)c1O. The molecule has 0 unspecified atom stereocenters. The molecule has 1 N–H and O–H groups in total. The second-order valence-corrected chi connectivity index (χ2v) is 6.87. The highest BCUT2D eigenvalue weighted by Gasteiger charge is 2.11. The molecule has 0 aliphatic carbocycles. The number of phenolic OH excluding ortho intramolecular Hbond substituents is 1. The van der Waals surface area contributed by atoms with Crippen LogP contribution in [-0.2, 0) is 6.54 Å². The quantitative estimate of drug-likeness (QED) is 0.665. The van der Waals surface area contributed by atoms with E-state index in [1.54, 1.807) is 6.21 Å². The van der Waals surface area contributed by atoms with Crippen LogP contribution in [0, 0.1) is 6.92 Å². The third-order valence-corrected chi connectivity index (χ3v) is 3.97. The molecule has 1 aromatic carbocycles. The van der Waals surface area contributed by atoms with Gasteiger partial charge in [0.05, 0.1) is 6.54 Å². The second kappa shape index (κ2) is 10.4. The van der Waals surface area contributed by atoms with E-state index in [0.717, 1.165) is 56.0 Å². The Balaban J connectivity index is 2.83. The zero-order valence-electron chi connectivity index (χ0n) is 16.2. The van der Waals surface area contributed by atoms with Crippen molar-refractivity contribution < 1.29 is 5.11 Å². The predicted molar refractivity (Wildman–Crippen MR) is 103 cm³/mol. The number of benzene rings is 1. The Morgan fingerprint density at radius 3 is 2.29 bits per heavy atom. The van der Waals surface area contributed by atoms with Crippen molar-refractivity contribution in [1.82, 2.24) is 14.7 Å². The van der Waals surface area contributed by atoms with Gasteiger partial charge in [-0.1, -0.05) is 13.0 Å². The van der Waals surface area contributed by atoms with Gasteiger partial charge >= 0.3 is 0 Å². The van der Waals surface area contributed by atoms with E-state index in [-0.39, 0.29) is 0 Å². The lowest BCUT2D eigenvalue weighted by atomic mass is 10.0. The predicted octanol–water partition coefficient (Wildman–Crippen LogP) is 2.06. The van der Waals surface area contributed by atoms with Gasteiger partial charge in [0.15, 0.2) is 0 Å². The van der Waals surface area contributed by atoms with Crippen molar-refractivity contribution in [1.29, 1.82) is 0 Å². The fourth-order valence-corrected chi connectivity index (χ4v) is 2.45. The Kier molecular flexibility index (Phi) is 8.97. The minimum atomic E-state index is 0.359. The van der Waals surface area contributed by atoms with Crippen molar-refractivity contribution in [2.24, 2.45) is 4.99 Å². The van der Waals surface area contributed by atoms with Gasteiger partial charge in [0.1, 0.15) is 5.75 Å². The molecule has 5 heteroatoms. The first-order chi connectivity index (χ1) is 11.3. The fraction of sp³-hybridized carbons (Fsp3) is 0.632. The van der Waals surface area contributed by atoms with Crippen LogP contribution in [-0.4, -0.2) is 86.9 Å². The standard InChI is InChI=1S/C19H34N4O/c1-7-23(11-10-22(5)6)15-18-13-16(2)12-17(19(18)24)14-20-8-9-21(3)4/h12-14,24H,7-11,15H2,1-6H3. The third-order valence-electron chi connectivity index (χ3n) is 3.97. The number of aliphatic imine (C=N–C) groups is 1. The van der Waals surface area contributed by atoms with E-state index < -0.39 is 0 Å². The van der Waals surface area contributed by atoms with Crippen LogP contribution in [0.5, 0.6) is 5.75 Å². The van der Waals surface area contributed by atoms with Crippen LogP contribution in [0.25, 0.3) is 0 Å². The second-order valence-electron chi connectivity index (χ2n) is 6.87. The first-order valence-corrected chi connectivity index (χ1v) is 8.67. The molecule has 0 fully saturated rings. The van der Waals surface area contributed by atoms with Crippen molar-refractivity contribution in [3.8, 4) is 5.75 Å². The van der Waals surface area contributed by atoms with E-state index in [0.29, 0.717) is 5.75 Å². The number of nitrogens with zero attached hydrogens (tertiary/aromatic N) is 4. The molecule has 0 spiro atoms. The summed E-state index contributed by atoms with van der Waals surface area (Å²) in [4.78, 5) is 11.1. The van der Waals surface area contributed by atoms with Crippen LogP contribution in [0.15, 0.2) is 17.1 Å². The van der Waals surface area contributed by atoms with Crippen LogP contribution >= 0.6 is 0 Å². The summed E-state index contributed by atoms with van der Waals surface area (Å²) >= 11 is 0. The molecule has 0 aliphatic rings. The molecule has 136 valence electrons. The first-order valence-electron chi connectivity index (χ1n) is 8.67. The summed E-state index contributed by atoms with van der Waals surface area (Å²) in [5, 5.41) is 10.6. The molecule has 0 amide bonds. The Hall–Kier alpha value is -1.43. The van der Waals surface area contributed by atoms with E-state index >= 15 is 0 Å². The smallest absolute Gasteiger partial charge is 0.128 e. The molecule has 0 bridgehead atoms. The zero-order valence-corrected chi connectivity index (χ0v) is 16.2. The van der Waals surface area contributed by atoms with Gasteiger partial charge in [0.2, 0.25) is 0 Å². The highest BCUT2D eigenvalue weighted by Crippen LogP contribution is 2.24. The Morgan fingerprint density at radius 1 is 1.04 bits per heavy atom. The van der Waals surface area contributed by atoms with Gasteiger partial charge in [-0.3, -0.25) is 9.89 Å². The van der Waals surface area contributed by atoms with Gasteiger partial charge in [-0.15, -0.1) is 0 Å². The maximum atomic E-state index is 10.6. The fourth-order valence-electron chi connectivity index (χ4n) is 2.45. The van der Waals surface area contributed by atoms with Crippen LogP contribution in [0.3, 0.4) is 0 Å². The molecule has 1 rings (SSSR count). The maximum absolute atomic E-state index is 10.6. The molecule has 0 heterocycles. The van der Waals surface area contributed by atoms with Crippen molar-refractivity contribution in [3.05, 3.63) is 28.8 Å². The number of aryl methyl sites for hydroxylation is 1. The van der Waals surface area contributed by atoms with Gasteiger partial charge in [-0.2, -0.15) is 0 Å². The molecule has 0 saturated carbocycles. The Morgan fingerprint density at radius 2 is 1.71 bits per heavy atom. The van der Waals surface area contributed by atoms with Gasteiger partial charge in [0.25, 0.3) is 0 Å². The van der Waals surface area contributed by atoms with Gasteiger partial charge < -0.3 is 14.9 Å². The summed E-state index contributed by atoms with van der Waals surface area (Å²) in [6, 6.07) is 4.07. The lowest BCUT2D eigenvalue weighted by molar-refractivity contribution is 0.241. The molecule has 0 aliphatic heterocycles. The van der Waals surface area contributed by atoms with Crippen LogP contribution < -0.4 is 0 Å². The minimum absolute atomic E-state index is 0.359. The van der Waals surface area contributed by atoms with E-state index in [4.69, 9.17) is 0 Å². The van der Waals surface area contributed by atoms with Crippen molar-refractivity contribution >= 4 is 6.21 Å². The van der Waals surface area contributed by atoms with E-state index in [9.17, 15) is 5.11 Å². The molecule has 5 nitrogen and oxygen atoms in total. The lowest BCUT2D eigenvalue weighted by Gasteiger charge is -2.23. The van der Waals surface area contributed by atoms with E-state index in [2.05, 4.69) is 53.7 Å². The molecule has 0 atom stereocenters. The van der Waals surface area contributed by atoms with Crippen LogP contribution in [0.4, 0.5) is 0 Å². The summed E-state index contributed by atoms with van der Waals surface area (Å²) < 4.78 is 0. The average molecular weight is 335 g/mol. The topological polar surface area (TPSA) is 42.3 Å². The van der Waals surface area contributed by atoms with E-state index in [1.165, 1.54) is 0 Å². The molecule has 0 saturated heterocycles. The highest BCUT2D eigenvalue weighted by atomic mass is 16.3. The Labute approximate surface area is 147 Å². The van der Waals surface area contributed by atoms with Crippen molar-refractivity contribution in [2.75, 3.05) is 60.9 Å². The van der Waals surface area contributed by atoms with Crippen molar-refractivity contribution in [3.63, 3.8) is 0 Å². The van der Waals surface area contributed by atoms with Gasteiger partial charge in [-0.25, -0.2) is 0 Å². The Bertz CT molecular complexity index is 526. The number of aromatic hydroxyl groups is 1. The van der Waals surface area contributed by atoms with Crippen LogP contribution in [0.2, 0.25) is 0 Å². The number of rotatable bonds is 10. The van der Waals surface area contributed by atoms with Crippen molar-refractivity contribution in [2.45, 2.75) is 20.4 Å². The largest absolute Gasteiger partial charge is 0.507 e. The number of hydrogen-bond acceptors (Lipinski definition) is 5. The summed E-state index contributed by atoms with van der Waals surface area (Å²) in [6.07, 6.45) is 1.80. The third kappa shape index (κ3) is 7.43. The first kappa shape index (κ1) is 20.6. The zero-order chi connectivity index (χ0) is 18.1. The molecule has 1 aromatic rings. The molecule has 0 aromatic heterocycles. The average Bonchev–Trinajstić information content (AvgIpc) is 2.51. The van der Waals surface area contributed by atoms with Gasteiger partial charge in [0, 0.05) is 43.5 Å². The highest BCUT2D eigenvalue weighted by molar-refractivity contribution is 5.84. The number of hydrogen-bond donors (Lipinski definition) is 1. The van der Waals surface area contributed by atoms with Gasteiger partial charge in [-0.05, 0) is 53.3 Å². The molecule has 0 radical (unpaired) electrons. The summed E-state index contributed by atoms with van der Waals surface area (Å²) in [5.74, 6) is 0.359. The summed E-state index contributed by atoms with van der Waals surface area (Å²) in [7, 11) is 8.23. The number of phenols is 1. The molecular weight excluding hydrogens is 300 g/mol. The summed E-state index contributed by atoms with van der Waals surface area (Å²) in [5.41, 5.74) is 2.94. The molecular formula is C19H34N4O. The van der Waals surface area contributed by atoms with Crippen LogP contribution in [0.1, 0.15) is 23.6 Å². The molecule has 24 heavy (non-hydrogen) atoms. The van der Waals surface area contributed by atoms with E-state index in [1.807, 2.05) is 20.2 Å². The summed E-state index contributed by atoms with van der Waals surface area (Å²) in [6.45, 7) is 9.60. The number of likely N-dealkylation sites (N-methyl/N-ethyl adjacent to an activating group) is 3. The maximum Gasteiger partial charge on any atom is 0.128 e. The monoisotopic (exact) mass is 334 g/mol.